The lowest BCUT2D eigenvalue weighted by molar-refractivity contribution is 0.0937. The number of ketones is 2. The molecule has 6 aromatic carbocycles. The minimum absolute atomic E-state index is 0.0642. The van der Waals surface area contributed by atoms with Gasteiger partial charge < -0.3 is 20.6 Å². The molecule has 0 radical (unpaired) electrons. The molecule has 0 unspecified atom stereocenters. The SMILES string of the molecule is O=C(c1c[nH]c2ccccc12)[C@@H](NCCc1ccc(-c2ncn[nH]2)cc1)c1ccccc1.O=C(c1c[nH]c2ccccc12)[C@H](NCCc1ccc(-c2ncn[nH]2)cc1)c1ccccc1. The molecule has 12 nitrogen and oxygen atoms in total. The Bertz CT molecular complexity index is 2820. The standard InChI is InChI=1S/2C26H23N5O/c2*32-25(22-16-28-23-9-5-4-8-21(22)23)24(19-6-2-1-3-7-19)27-15-14-18-10-12-20(13-11-18)26-29-17-30-31-26/h2*1-13,16-17,24,27-28H,14-15H2,(H,29,30,31)/t2*24-/m10/s1. The van der Waals surface area contributed by atoms with Gasteiger partial charge in [0.05, 0.1) is 12.1 Å². The van der Waals surface area contributed by atoms with Gasteiger partial charge in [0.15, 0.2) is 23.2 Å². The first-order valence-electron chi connectivity index (χ1n) is 21.3. The third kappa shape index (κ3) is 9.53. The molecule has 0 fully saturated rings. The number of fused-ring (bicyclic) bond motifs is 2. The van der Waals surface area contributed by atoms with E-state index in [0.29, 0.717) is 24.2 Å². The topological polar surface area (TPSA) is 173 Å². The molecule has 6 N–H and O–H groups in total. The highest BCUT2D eigenvalue weighted by atomic mass is 16.1. The number of nitrogens with one attached hydrogen (secondary N) is 6. The Morgan fingerprint density at radius 1 is 0.469 bits per heavy atom. The van der Waals surface area contributed by atoms with Crippen LogP contribution in [-0.4, -0.2) is 65.0 Å². The van der Waals surface area contributed by atoms with Crippen molar-refractivity contribution >= 4 is 33.4 Å². The molecule has 316 valence electrons. The number of para-hydroxylation sites is 2. The Balaban J connectivity index is 0.000000162. The van der Waals surface area contributed by atoms with Crippen molar-refractivity contribution in [2.24, 2.45) is 0 Å². The molecule has 0 aliphatic carbocycles. The maximum atomic E-state index is 13.5. The summed E-state index contributed by atoms with van der Waals surface area (Å²) in [6, 6.07) is 51.2. The first kappa shape index (κ1) is 41.3. The van der Waals surface area contributed by atoms with Crippen LogP contribution >= 0.6 is 0 Å². The van der Waals surface area contributed by atoms with Crippen LogP contribution in [0.15, 0.2) is 183 Å². The largest absolute Gasteiger partial charge is 0.360 e. The lowest BCUT2D eigenvalue weighted by Gasteiger charge is -2.18. The van der Waals surface area contributed by atoms with Crippen LogP contribution in [-0.2, 0) is 12.8 Å². The highest BCUT2D eigenvalue weighted by Gasteiger charge is 2.25. The van der Waals surface area contributed by atoms with E-state index >= 15 is 0 Å². The Morgan fingerprint density at radius 2 is 0.859 bits per heavy atom. The van der Waals surface area contributed by atoms with Crippen molar-refractivity contribution in [1.29, 1.82) is 0 Å². The molecule has 0 saturated heterocycles. The van der Waals surface area contributed by atoms with Crippen LogP contribution in [0.3, 0.4) is 0 Å². The fourth-order valence-corrected chi connectivity index (χ4v) is 7.95. The van der Waals surface area contributed by atoms with E-state index < -0.39 is 12.1 Å². The Kier molecular flexibility index (Phi) is 12.8. The molecule has 0 amide bonds. The average Bonchev–Trinajstić information content (AvgIpc) is 4.21. The van der Waals surface area contributed by atoms with Crippen molar-refractivity contribution in [3.05, 3.63) is 216 Å². The van der Waals surface area contributed by atoms with Gasteiger partial charge in [-0.15, -0.1) is 0 Å². The zero-order chi connectivity index (χ0) is 43.5. The Morgan fingerprint density at radius 3 is 1.25 bits per heavy atom. The van der Waals surface area contributed by atoms with Gasteiger partial charge in [-0.2, -0.15) is 10.2 Å². The smallest absolute Gasteiger partial charge is 0.186 e. The minimum atomic E-state index is -0.413. The van der Waals surface area contributed by atoms with E-state index in [-0.39, 0.29) is 11.6 Å². The van der Waals surface area contributed by atoms with Crippen LogP contribution in [0.1, 0.15) is 55.1 Å². The molecule has 0 bridgehead atoms. The summed E-state index contributed by atoms with van der Waals surface area (Å²) in [5.41, 5.74) is 9.64. The van der Waals surface area contributed by atoms with Crippen molar-refractivity contribution < 1.29 is 9.59 Å². The summed E-state index contributed by atoms with van der Waals surface area (Å²) in [5, 5.41) is 22.4. The number of hydrogen-bond donors (Lipinski definition) is 6. The summed E-state index contributed by atoms with van der Waals surface area (Å²) in [4.78, 5) is 41.9. The van der Waals surface area contributed by atoms with Crippen molar-refractivity contribution in [2.45, 2.75) is 24.9 Å². The van der Waals surface area contributed by atoms with Crippen molar-refractivity contribution in [3.8, 4) is 22.8 Å². The van der Waals surface area contributed by atoms with E-state index in [0.717, 1.165) is 68.6 Å². The van der Waals surface area contributed by atoms with E-state index in [1.54, 1.807) is 0 Å². The van der Waals surface area contributed by atoms with Gasteiger partial charge in [0.1, 0.15) is 12.7 Å². The van der Waals surface area contributed by atoms with E-state index in [4.69, 9.17) is 0 Å². The average molecular weight is 843 g/mol. The van der Waals surface area contributed by atoms with Gasteiger partial charge in [-0.05, 0) is 47.2 Å². The van der Waals surface area contributed by atoms with Crippen LogP contribution in [0.2, 0.25) is 0 Å². The minimum Gasteiger partial charge on any atom is -0.360 e. The first-order chi connectivity index (χ1) is 31.6. The summed E-state index contributed by atoms with van der Waals surface area (Å²) in [5.74, 6) is 1.63. The zero-order valence-corrected chi connectivity index (χ0v) is 34.9. The van der Waals surface area contributed by atoms with Crippen LogP contribution in [0.5, 0.6) is 0 Å². The highest BCUT2D eigenvalue weighted by molar-refractivity contribution is 6.11. The number of Topliss-reactive ketones (excluding diaryl/α,β-unsaturated/α-hetero) is 2. The molecule has 0 aliphatic heterocycles. The summed E-state index contributed by atoms with van der Waals surface area (Å²) < 4.78 is 0. The second-order valence-electron chi connectivity index (χ2n) is 15.4. The molecule has 2 atom stereocenters. The lowest BCUT2D eigenvalue weighted by Crippen LogP contribution is -2.30. The van der Waals surface area contributed by atoms with Gasteiger partial charge in [-0.25, -0.2) is 9.97 Å². The van der Waals surface area contributed by atoms with Gasteiger partial charge in [-0.1, -0.05) is 146 Å². The molecular formula is C52H46N10O2. The van der Waals surface area contributed by atoms with Gasteiger partial charge >= 0.3 is 0 Å². The van der Waals surface area contributed by atoms with E-state index in [1.807, 2.05) is 146 Å². The Labute approximate surface area is 369 Å². The molecule has 64 heavy (non-hydrogen) atoms. The summed E-state index contributed by atoms with van der Waals surface area (Å²) in [6.45, 7) is 1.35. The number of rotatable bonds is 16. The first-order valence-corrected chi connectivity index (χ1v) is 21.3. The van der Waals surface area contributed by atoms with E-state index in [9.17, 15) is 9.59 Å². The molecule has 0 saturated carbocycles. The van der Waals surface area contributed by atoms with Gasteiger partial charge in [0.25, 0.3) is 0 Å². The molecule has 12 heteroatoms. The number of carbonyl (C=O) groups excluding carboxylic acids is 2. The highest BCUT2D eigenvalue weighted by Crippen LogP contribution is 2.27. The van der Waals surface area contributed by atoms with Crippen LogP contribution < -0.4 is 10.6 Å². The van der Waals surface area contributed by atoms with Gasteiger partial charge in [0, 0.05) is 69.5 Å². The van der Waals surface area contributed by atoms with E-state index in [2.05, 4.69) is 75.2 Å². The van der Waals surface area contributed by atoms with Crippen LogP contribution in [0, 0.1) is 0 Å². The number of nitrogens with zero attached hydrogens (tertiary/aromatic N) is 4. The van der Waals surface area contributed by atoms with Crippen LogP contribution in [0.4, 0.5) is 0 Å². The maximum absolute atomic E-state index is 13.5. The summed E-state index contributed by atoms with van der Waals surface area (Å²) in [6.07, 6.45) is 8.24. The van der Waals surface area contributed by atoms with Crippen molar-refractivity contribution in [1.82, 2.24) is 51.0 Å². The molecule has 0 aliphatic rings. The lowest BCUT2D eigenvalue weighted by atomic mass is 9.96. The second-order valence-corrected chi connectivity index (χ2v) is 15.4. The zero-order valence-electron chi connectivity index (χ0n) is 34.9. The second kappa shape index (κ2) is 19.8. The monoisotopic (exact) mass is 842 g/mol. The van der Waals surface area contributed by atoms with Crippen molar-refractivity contribution in [3.63, 3.8) is 0 Å². The number of H-pyrrole nitrogens is 4. The van der Waals surface area contributed by atoms with Crippen LogP contribution in [0.25, 0.3) is 44.6 Å². The molecule has 10 aromatic rings. The number of aromatic amines is 4. The summed E-state index contributed by atoms with van der Waals surface area (Å²) >= 11 is 0. The summed E-state index contributed by atoms with van der Waals surface area (Å²) in [7, 11) is 0. The fraction of sp³-hybridized carbons (Fsp3) is 0.115. The number of aromatic nitrogens is 8. The van der Waals surface area contributed by atoms with Crippen molar-refractivity contribution in [2.75, 3.05) is 13.1 Å². The fourth-order valence-electron chi connectivity index (χ4n) is 7.95. The quantitative estimate of drug-likeness (QED) is 0.0522. The predicted octanol–water partition coefficient (Wildman–Crippen LogP) is 9.42. The molecule has 4 aromatic heterocycles. The maximum Gasteiger partial charge on any atom is 0.186 e. The molecule has 10 rings (SSSR count). The van der Waals surface area contributed by atoms with E-state index in [1.165, 1.54) is 23.8 Å². The van der Waals surface area contributed by atoms with Gasteiger partial charge in [0.2, 0.25) is 0 Å². The number of benzene rings is 6. The molecule has 4 heterocycles. The predicted molar refractivity (Wildman–Crippen MR) is 251 cm³/mol. The third-order valence-electron chi connectivity index (χ3n) is 11.3. The molecular weight excluding hydrogens is 797 g/mol. The molecule has 0 spiro atoms. The number of hydrogen-bond acceptors (Lipinski definition) is 8. The third-order valence-corrected chi connectivity index (χ3v) is 11.3. The number of carbonyl (C=O) groups is 2. The van der Waals surface area contributed by atoms with Gasteiger partial charge in [-0.3, -0.25) is 19.8 Å². The Hall–Kier alpha value is -8.06. The normalized spacial score (nSPS) is 12.1.